The number of ether oxygens (including phenoxy) is 1. The van der Waals surface area contributed by atoms with Crippen molar-refractivity contribution in [1.29, 1.82) is 0 Å². The summed E-state index contributed by atoms with van der Waals surface area (Å²) < 4.78 is 5.82. The van der Waals surface area contributed by atoms with Crippen molar-refractivity contribution in [3.8, 4) is 0 Å². The van der Waals surface area contributed by atoms with Crippen LogP contribution >= 0.6 is 0 Å². The van der Waals surface area contributed by atoms with Crippen LogP contribution in [0.2, 0.25) is 0 Å². The quantitative estimate of drug-likeness (QED) is 0.343. The predicted molar refractivity (Wildman–Crippen MR) is 140 cm³/mol. The molecule has 3 heteroatoms. The third kappa shape index (κ3) is 5.35. The van der Waals surface area contributed by atoms with Crippen LogP contribution in [0, 0.1) is 11.3 Å². The van der Waals surface area contributed by atoms with Crippen molar-refractivity contribution >= 4 is 5.90 Å². The van der Waals surface area contributed by atoms with Gasteiger partial charge in [-0.1, -0.05) is 100 Å². The van der Waals surface area contributed by atoms with Crippen molar-refractivity contribution in [2.45, 2.75) is 65.6 Å². The number of oxime groups is 1. The third-order valence-electron chi connectivity index (χ3n) is 6.87. The van der Waals surface area contributed by atoms with Crippen LogP contribution in [0.5, 0.6) is 0 Å². The van der Waals surface area contributed by atoms with Crippen molar-refractivity contribution < 1.29 is 9.57 Å². The summed E-state index contributed by atoms with van der Waals surface area (Å²) in [6.45, 7) is 13.2. The lowest BCUT2D eigenvalue weighted by Gasteiger charge is -2.39. The molecular formula is C31H37NO2. The van der Waals surface area contributed by atoms with E-state index in [4.69, 9.17) is 9.57 Å². The molecular weight excluding hydrogens is 418 g/mol. The Balaban J connectivity index is 1.62. The van der Waals surface area contributed by atoms with Gasteiger partial charge in [0.2, 0.25) is 0 Å². The van der Waals surface area contributed by atoms with E-state index in [1.165, 1.54) is 16.7 Å². The fraction of sp³-hybridized carbons (Fsp3) is 0.387. The zero-order valence-corrected chi connectivity index (χ0v) is 21.3. The Morgan fingerprint density at radius 3 is 1.74 bits per heavy atom. The monoisotopic (exact) mass is 455 g/mol. The van der Waals surface area contributed by atoms with Crippen LogP contribution < -0.4 is 0 Å². The topological polar surface area (TPSA) is 30.8 Å². The van der Waals surface area contributed by atoms with Gasteiger partial charge in [-0.25, -0.2) is 0 Å². The van der Waals surface area contributed by atoms with E-state index < -0.39 is 5.79 Å². The summed E-state index contributed by atoms with van der Waals surface area (Å²) in [6.07, 6.45) is 1.08. The third-order valence-corrected chi connectivity index (χ3v) is 6.87. The van der Waals surface area contributed by atoms with Gasteiger partial charge < -0.3 is 9.57 Å². The molecule has 0 N–H and O–H groups in total. The Morgan fingerprint density at radius 1 is 0.765 bits per heavy atom. The van der Waals surface area contributed by atoms with Crippen molar-refractivity contribution in [1.82, 2.24) is 0 Å². The van der Waals surface area contributed by atoms with Gasteiger partial charge in [-0.15, -0.1) is 0 Å². The Labute approximate surface area is 204 Å². The van der Waals surface area contributed by atoms with Crippen LogP contribution in [0.4, 0.5) is 0 Å². The zero-order chi connectivity index (χ0) is 24.3. The summed E-state index contributed by atoms with van der Waals surface area (Å²) in [4.78, 5) is 5.37. The van der Waals surface area contributed by atoms with Gasteiger partial charge in [-0.2, -0.15) is 0 Å². The molecule has 0 saturated heterocycles. The van der Waals surface area contributed by atoms with Gasteiger partial charge in [0.05, 0.1) is 0 Å². The molecule has 3 aromatic rings. The molecule has 0 radical (unpaired) electrons. The van der Waals surface area contributed by atoms with Gasteiger partial charge in [0.15, 0.2) is 0 Å². The molecule has 0 spiro atoms. The van der Waals surface area contributed by atoms with E-state index >= 15 is 0 Å². The van der Waals surface area contributed by atoms with E-state index in [-0.39, 0.29) is 5.41 Å². The minimum atomic E-state index is -0.706. The Kier molecular flexibility index (Phi) is 6.84. The van der Waals surface area contributed by atoms with Crippen LogP contribution in [0.1, 0.15) is 82.1 Å². The summed E-state index contributed by atoms with van der Waals surface area (Å²) >= 11 is 0. The SMILES string of the molecule is CC(C)C(CC(C)(C)C(c1ccccc1)c1ccccc1)c1ccc(C2=NOC(C)(C)O2)cc1. The molecule has 0 bridgehead atoms. The number of hydrogen-bond acceptors (Lipinski definition) is 3. The molecule has 1 aliphatic heterocycles. The highest BCUT2D eigenvalue weighted by Crippen LogP contribution is 2.48. The van der Waals surface area contributed by atoms with Gasteiger partial charge in [0.25, 0.3) is 11.7 Å². The van der Waals surface area contributed by atoms with E-state index in [0.717, 1.165) is 12.0 Å². The number of benzene rings is 3. The Bertz CT molecular complexity index is 1060. The molecule has 4 rings (SSSR count). The molecule has 0 saturated carbocycles. The highest BCUT2D eigenvalue weighted by Gasteiger charge is 2.36. The molecule has 0 fully saturated rings. The van der Waals surface area contributed by atoms with Crippen molar-refractivity contribution in [3.05, 3.63) is 107 Å². The molecule has 1 unspecified atom stereocenters. The Morgan fingerprint density at radius 2 is 1.29 bits per heavy atom. The molecule has 1 heterocycles. The van der Waals surface area contributed by atoms with Crippen LogP contribution in [0.25, 0.3) is 0 Å². The maximum absolute atomic E-state index is 5.82. The average Bonchev–Trinajstić information content (AvgIpc) is 3.18. The molecule has 1 aliphatic rings. The predicted octanol–water partition coefficient (Wildman–Crippen LogP) is 8.12. The highest BCUT2D eigenvalue weighted by atomic mass is 16.8. The number of nitrogens with zero attached hydrogens (tertiary/aromatic N) is 1. The summed E-state index contributed by atoms with van der Waals surface area (Å²) in [7, 11) is 0. The highest BCUT2D eigenvalue weighted by molar-refractivity contribution is 5.94. The van der Waals surface area contributed by atoms with Crippen LogP contribution in [0.15, 0.2) is 90.1 Å². The first-order chi connectivity index (χ1) is 16.2. The normalized spacial score (nSPS) is 16.2. The maximum atomic E-state index is 5.82. The smallest absolute Gasteiger partial charge is 0.271 e. The molecule has 178 valence electrons. The second-order valence-electron chi connectivity index (χ2n) is 10.9. The number of rotatable bonds is 8. The van der Waals surface area contributed by atoms with Crippen molar-refractivity contribution in [3.63, 3.8) is 0 Å². The second-order valence-corrected chi connectivity index (χ2v) is 10.9. The summed E-state index contributed by atoms with van der Waals surface area (Å²) in [5.41, 5.74) is 5.09. The lowest BCUT2D eigenvalue weighted by atomic mass is 9.65. The van der Waals surface area contributed by atoms with E-state index in [9.17, 15) is 0 Å². The molecule has 0 amide bonds. The van der Waals surface area contributed by atoms with E-state index in [0.29, 0.717) is 23.7 Å². The Hall–Kier alpha value is -3.07. The minimum Gasteiger partial charge on any atom is -0.431 e. The first-order valence-corrected chi connectivity index (χ1v) is 12.3. The summed E-state index contributed by atoms with van der Waals surface area (Å²) in [6, 6.07) is 30.5. The lowest BCUT2D eigenvalue weighted by Crippen LogP contribution is -2.27. The fourth-order valence-electron chi connectivity index (χ4n) is 5.21. The zero-order valence-electron chi connectivity index (χ0n) is 21.3. The fourth-order valence-corrected chi connectivity index (χ4v) is 5.21. The molecule has 0 aliphatic carbocycles. The van der Waals surface area contributed by atoms with Crippen LogP contribution in [0.3, 0.4) is 0 Å². The number of hydrogen-bond donors (Lipinski definition) is 0. The maximum Gasteiger partial charge on any atom is 0.271 e. The average molecular weight is 456 g/mol. The lowest BCUT2D eigenvalue weighted by molar-refractivity contribution is -0.128. The van der Waals surface area contributed by atoms with Gasteiger partial charge in [-0.05, 0) is 57.7 Å². The van der Waals surface area contributed by atoms with Gasteiger partial charge in [0, 0.05) is 25.3 Å². The standard InChI is InChI=1S/C31H37NO2/c1-22(2)27(23-17-19-26(20-18-23)29-32-34-31(5,6)33-29)21-30(3,4)28(24-13-9-7-10-14-24)25-15-11-8-12-16-25/h7-20,22,27-28H,21H2,1-6H3. The van der Waals surface area contributed by atoms with Gasteiger partial charge >= 0.3 is 0 Å². The van der Waals surface area contributed by atoms with Crippen LogP contribution in [-0.2, 0) is 9.57 Å². The van der Waals surface area contributed by atoms with Gasteiger partial charge in [0.1, 0.15) is 0 Å². The van der Waals surface area contributed by atoms with E-state index in [1.54, 1.807) is 0 Å². The van der Waals surface area contributed by atoms with Crippen molar-refractivity contribution in [2.75, 3.05) is 0 Å². The van der Waals surface area contributed by atoms with Gasteiger partial charge in [-0.3, -0.25) is 0 Å². The largest absolute Gasteiger partial charge is 0.431 e. The summed E-state index contributed by atoms with van der Waals surface area (Å²) in [5.74, 6) is 1.10. The molecule has 34 heavy (non-hydrogen) atoms. The van der Waals surface area contributed by atoms with E-state index in [1.807, 2.05) is 13.8 Å². The minimum absolute atomic E-state index is 0.0484. The summed E-state index contributed by atoms with van der Waals surface area (Å²) in [5, 5.41) is 4.11. The molecule has 3 nitrogen and oxygen atoms in total. The molecule has 0 aromatic heterocycles. The molecule has 3 aromatic carbocycles. The first kappa shape index (κ1) is 24.1. The first-order valence-electron chi connectivity index (χ1n) is 12.3. The second kappa shape index (κ2) is 9.66. The molecule has 1 atom stereocenters. The van der Waals surface area contributed by atoms with Crippen LogP contribution in [-0.4, -0.2) is 11.7 Å². The van der Waals surface area contributed by atoms with Crippen molar-refractivity contribution in [2.24, 2.45) is 16.5 Å². The van der Waals surface area contributed by atoms with E-state index in [2.05, 4.69) is 118 Å².